The fourth-order valence-electron chi connectivity index (χ4n) is 3.69. The van der Waals surface area contributed by atoms with Crippen molar-refractivity contribution in [2.75, 3.05) is 7.11 Å². The van der Waals surface area contributed by atoms with Crippen molar-refractivity contribution in [1.82, 2.24) is 10.3 Å². The minimum absolute atomic E-state index is 0.0357. The van der Waals surface area contributed by atoms with Gasteiger partial charge in [0.05, 0.1) is 7.11 Å². The molecule has 2 N–H and O–H groups in total. The number of carbonyl (C=O) groups is 1. The van der Waals surface area contributed by atoms with E-state index in [9.17, 15) is 18.4 Å². The van der Waals surface area contributed by atoms with E-state index in [4.69, 9.17) is 4.74 Å². The number of pyridine rings is 1. The first kappa shape index (κ1) is 20.1. The quantitative estimate of drug-likeness (QED) is 0.723. The van der Waals surface area contributed by atoms with Gasteiger partial charge in [0.15, 0.2) is 11.5 Å². The zero-order valence-corrected chi connectivity index (χ0v) is 16.4. The summed E-state index contributed by atoms with van der Waals surface area (Å²) >= 11 is 0. The molecule has 1 saturated carbocycles. The van der Waals surface area contributed by atoms with E-state index >= 15 is 0 Å². The SMILES string of the molecule is COc1cc(/C(=C/[C@H]2CCC(=O)N2)c2ccc(C3CC3)c(=O)[nH]2)ccc1OC(F)F. The molecule has 0 unspecified atom stereocenters. The second-order valence-corrected chi connectivity index (χ2v) is 7.47. The van der Waals surface area contributed by atoms with Gasteiger partial charge in [0.1, 0.15) is 0 Å². The van der Waals surface area contributed by atoms with E-state index in [0.29, 0.717) is 35.6 Å². The van der Waals surface area contributed by atoms with Gasteiger partial charge < -0.3 is 19.8 Å². The van der Waals surface area contributed by atoms with Crippen LogP contribution in [0.15, 0.2) is 41.2 Å². The summed E-state index contributed by atoms with van der Waals surface area (Å²) in [4.78, 5) is 27.1. The molecule has 2 aromatic rings. The molecule has 30 heavy (non-hydrogen) atoms. The van der Waals surface area contributed by atoms with E-state index in [1.165, 1.54) is 13.2 Å². The van der Waals surface area contributed by atoms with Gasteiger partial charge in [0, 0.05) is 29.3 Å². The lowest BCUT2D eigenvalue weighted by Crippen LogP contribution is -2.23. The van der Waals surface area contributed by atoms with Crippen LogP contribution in [-0.4, -0.2) is 30.7 Å². The van der Waals surface area contributed by atoms with Crippen molar-refractivity contribution in [2.24, 2.45) is 0 Å². The number of benzene rings is 1. The molecule has 1 aliphatic heterocycles. The second-order valence-electron chi connectivity index (χ2n) is 7.47. The minimum atomic E-state index is -2.97. The van der Waals surface area contributed by atoms with Crippen molar-refractivity contribution in [3.8, 4) is 11.5 Å². The Morgan fingerprint density at radius 2 is 1.93 bits per heavy atom. The van der Waals surface area contributed by atoms with Crippen molar-refractivity contribution in [1.29, 1.82) is 0 Å². The van der Waals surface area contributed by atoms with Crippen LogP contribution in [0, 0.1) is 0 Å². The van der Waals surface area contributed by atoms with Crippen molar-refractivity contribution in [2.45, 2.75) is 44.3 Å². The molecular weight excluding hydrogens is 394 g/mol. The molecule has 2 heterocycles. The number of halogens is 2. The zero-order chi connectivity index (χ0) is 21.3. The first-order valence-corrected chi connectivity index (χ1v) is 9.82. The molecule has 1 amide bonds. The van der Waals surface area contributed by atoms with Gasteiger partial charge in [0.2, 0.25) is 5.91 Å². The molecule has 2 aliphatic rings. The summed E-state index contributed by atoms with van der Waals surface area (Å²) in [5, 5.41) is 2.88. The Labute approximate surface area is 171 Å². The van der Waals surface area contributed by atoms with Gasteiger partial charge in [-0.15, -0.1) is 0 Å². The van der Waals surface area contributed by atoms with Gasteiger partial charge >= 0.3 is 6.61 Å². The maximum Gasteiger partial charge on any atom is 0.387 e. The number of nitrogens with one attached hydrogen (secondary N) is 2. The summed E-state index contributed by atoms with van der Waals surface area (Å²) in [6, 6.07) is 8.08. The number of amides is 1. The van der Waals surface area contributed by atoms with Crippen molar-refractivity contribution in [3.05, 3.63) is 63.6 Å². The Hall–Kier alpha value is -3.16. The number of methoxy groups -OCH3 is 1. The normalized spacial score (nSPS) is 19.1. The summed E-state index contributed by atoms with van der Waals surface area (Å²) < 4.78 is 35.0. The summed E-state index contributed by atoms with van der Waals surface area (Å²) in [6.45, 7) is -2.97. The average molecular weight is 416 g/mol. The number of H-pyrrole nitrogens is 1. The number of rotatable bonds is 7. The maximum absolute atomic E-state index is 12.7. The van der Waals surface area contributed by atoms with Crippen LogP contribution in [-0.2, 0) is 4.79 Å². The van der Waals surface area contributed by atoms with E-state index in [1.807, 2.05) is 18.2 Å². The predicted octanol–water partition coefficient (Wildman–Crippen LogP) is 3.57. The smallest absolute Gasteiger partial charge is 0.387 e. The average Bonchev–Trinajstić information content (AvgIpc) is 3.47. The van der Waals surface area contributed by atoms with Gasteiger partial charge in [-0.25, -0.2) is 0 Å². The molecule has 158 valence electrons. The molecule has 0 spiro atoms. The van der Waals surface area contributed by atoms with E-state index < -0.39 is 6.61 Å². The topological polar surface area (TPSA) is 80.4 Å². The van der Waals surface area contributed by atoms with Crippen molar-refractivity contribution < 1.29 is 23.0 Å². The molecular formula is C22H22F2N2O4. The number of hydrogen-bond donors (Lipinski definition) is 2. The van der Waals surface area contributed by atoms with E-state index in [-0.39, 0.29) is 29.0 Å². The molecule has 6 nitrogen and oxygen atoms in total. The molecule has 1 atom stereocenters. The lowest BCUT2D eigenvalue weighted by molar-refractivity contribution is -0.119. The highest BCUT2D eigenvalue weighted by Crippen LogP contribution is 2.39. The standard InChI is InChI=1S/C22H22F2N2O4/c1-29-19-10-13(4-8-18(19)30-22(23)24)16(11-14-5-9-20(27)25-14)17-7-6-15(12-2-3-12)21(28)26-17/h4,6-8,10-12,14,22H,2-3,5,9H2,1H3,(H,25,27)(H,26,28)/b16-11-/t14-/m1/s1. The molecule has 1 aliphatic carbocycles. The first-order chi connectivity index (χ1) is 14.4. The van der Waals surface area contributed by atoms with Crippen LogP contribution in [0.4, 0.5) is 8.78 Å². The summed E-state index contributed by atoms with van der Waals surface area (Å²) in [7, 11) is 1.37. The Morgan fingerprint density at radius 3 is 2.53 bits per heavy atom. The monoisotopic (exact) mass is 416 g/mol. The molecule has 0 bridgehead atoms. The third kappa shape index (κ3) is 4.37. The number of hydrogen-bond acceptors (Lipinski definition) is 4. The van der Waals surface area contributed by atoms with Gasteiger partial charge in [-0.1, -0.05) is 18.2 Å². The summed E-state index contributed by atoms with van der Waals surface area (Å²) in [6.07, 6.45) is 4.96. The van der Waals surface area contributed by atoms with Crippen LogP contribution in [0.3, 0.4) is 0 Å². The largest absolute Gasteiger partial charge is 0.493 e. The lowest BCUT2D eigenvalue weighted by Gasteiger charge is -2.15. The van der Waals surface area contributed by atoms with E-state index in [0.717, 1.165) is 18.4 Å². The molecule has 2 fully saturated rings. The van der Waals surface area contributed by atoms with Crippen LogP contribution in [0.1, 0.15) is 48.4 Å². The van der Waals surface area contributed by atoms with E-state index in [1.54, 1.807) is 12.1 Å². The van der Waals surface area contributed by atoms with Crippen LogP contribution in [0.25, 0.3) is 5.57 Å². The van der Waals surface area contributed by atoms with Crippen LogP contribution in [0.2, 0.25) is 0 Å². The highest BCUT2D eigenvalue weighted by atomic mass is 19.3. The van der Waals surface area contributed by atoms with Gasteiger partial charge in [-0.05, 0) is 48.9 Å². The molecule has 8 heteroatoms. The molecule has 1 saturated heterocycles. The van der Waals surface area contributed by atoms with Crippen LogP contribution >= 0.6 is 0 Å². The fraction of sp³-hybridized carbons (Fsp3) is 0.364. The minimum Gasteiger partial charge on any atom is -0.493 e. The second kappa shape index (κ2) is 8.30. The Morgan fingerprint density at radius 1 is 1.13 bits per heavy atom. The van der Waals surface area contributed by atoms with E-state index in [2.05, 4.69) is 15.0 Å². The van der Waals surface area contributed by atoms with Gasteiger partial charge in [-0.3, -0.25) is 9.59 Å². The predicted molar refractivity (Wildman–Crippen MR) is 107 cm³/mol. The first-order valence-electron chi connectivity index (χ1n) is 9.82. The molecule has 4 rings (SSSR count). The van der Waals surface area contributed by atoms with Crippen LogP contribution in [0.5, 0.6) is 11.5 Å². The number of aromatic nitrogens is 1. The van der Waals surface area contributed by atoms with Gasteiger partial charge in [0.25, 0.3) is 5.56 Å². The Balaban J connectivity index is 1.76. The fourth-order valence-corrected chi connectivity index (χ4v) is 3.69. The Bertz CT molecular complexity index is 1040. The third-order valence-electron chi connectivity index (χ3n) is 5.33. The third-order valence-corrected chi connectivity index (χ3v) is 5.33. The number of aromatic amines is 1. The van der Waals surface area contributed by atoms with Crippen molar-refractivity contribution >= 4 is 11.5 Å². The molecule has 1 aromatic heterocycles. The zero-order valence-electron chi connectivity index (χ0n) is 16.4. The number of alkyl halides is 2. The number of ether oxygens (including phenoxy) is 2. The maximum atomic E-state index is 12.7. The Kier molecular flexibility index (Phi) is 5.57. The lowest BCUT2D eigenvalue weighted by atomic mass is 9.98. The van der Waals surface area contributed by atoms with Crippen LogP contribution < -0.4 is 20.3 Å². The number of carbonyl (C=O) groups excluding carboxylic acids is 1. The summed E-state index contributed by atoms with van der Waals surface area (Å²) in [5.74, 6) is 0.343. The summed E-state index contributed by atoms with van der Waals surface area (Å²) in [5.41, 5.74) is 2.52. The van der Waals surface area contributed by atoms with Gasteiger partial charge in [-0.2, -0.15) is 8.78 Å². The molecule has 1 aromatic carbocycles. The van der Waals surface area contributed by atoms with Crippen molar-refractivity contribution in [3.63, 3.8) is 0 Å². The highest BCUT2D eigenvalue weighted by Gasteiger charge is 2.27. The molecule has 0 radical (unpaired) electrons. The highest BCUT2D eigenvalue weighted by molar-refractivity contribution is 5.83.